The molecule has 1 aromatic carbocycles. The Morgan fingerprint density at radius 2 is 2.27 bits per heavy atom. The van der Waals surface area contributed by atoms with Crippen LogP contribution in [0.2, 0.25) is 0 Å². The van der Waals surface area contributed by atoms with E-state index in [1.807, 2.05) is 25.1 Å². The highest BCUT2D eigenvalue weighted by Crippen LogP contribution is 2.33. The molecule has 0 fully saturated rings. The minimum absolute atomic E-state index is 0.790. The molecule has 0 amide bonds. The van der Waals surface area contributed by atoms with E-state index in [0.29, 0.717) is 0 Å². The van der Waals surface area contributed by atoms with Gasteiger partial charge in [0.05, 0.1) is 11.3 Å². The second kappa shape index (κ2) is 7.31. The van der Waals surface area contributed by atoms with Crippen molar-refractivity contribution < 1.29 is 0 Å². The zero-order valence-corrected chi connectivity index (χ0v) is 13.1. The lowest BCUT2D eigenvalue weighted by Crippen LogP contribution is -2.00. The van der Waals surface area contributed by atoms with Gasteiger partial charge in [0.2, 0.25) is 0 Å². The molecule has 0 saturated heterocycles. The van der Waals surface area contributed by atoms with Gasteiger partial charge in [-0.3, -0.25) is 5.10 Å². The van der Waals surface area contributed by atoms with Gasteiger partial charge in [-0.15, -0.1) is 0 Å². The number of aryl methyl sites for hydroxylation is 1. The second-order valence-corrected chi connectivity index (χ2v) is 4.94. The van der Waals surface area contributed by atoms with Crippen molar-refractivity contribution in [2.75, 3.05) is 11.9 Å². The third-order valence-electron chi connectivity index (χ3n) is 3.28. The Hall–Kier alpha value is -2.75. The van der Waals surface area contributed by atoms with Crippen LogP contribution in [-0.4, -0.2) is 16.7 Å². The van der Waals surface area contributed by atoms with Gasteiger partial charge >= 0.3 is 0 Å². The van der Waals surface area contributed by atoms with Gasteiger partial charge < -0.3 is 11.1 Å². The van der Waals surface area contributed by atoms with Crippen LogP contribution in [0.15, 0.2) is 55.3 Å². The predicted octanol–water partition coefficient (Wildman–Crippen LogP) is 3.86. The number of nitrogens with zero attached hydrogens (tertiary/aromatic N) is 1. The number of allylic oxidation sites excluding steroid dienone is 4. The van der Waals surface area contributed by atoms with Gasteiger partial charge in [0.1, 0.15) is 0 Å². The normalized spacial score (nSPS) is 11.8. The monoisotopic (exact) mass is 294 g/mol. The number of hydrogen-bond donors (Lipinski definition) is 3. The summed E-state index contributed by atoms with van der Waals surface area (Å²) in [6, 6.07) is 8.31. The standard InChI is InChI=1S/C18H22N4/c1-4-7-14(10-11-19)16-17(21-22-18(16)20-5-2)15-9-6-8-13(3)12-15/h4,6-12H,1,5,19H2,2-3H3,(H2,20,21,22)/b11-10-,14-7+. The van der Waals surface area contributed by atoms with Crippen LogP contribution in [0, 0.1) is 6.92 Å². The summed E-state index contributed by atoms with van der Waals surface area (Å²) in [5, 5.41) is 10.8. The van der Waals surface area contributed by atoms with Gasteiger partial charge in [0, 0.05) is 12.1 Å². The van der Waals surface area contributed by atoms with E-state index in [0.717, 1.165) is 34.8 Å². The smallest absolute Gasteiger partial charge is 0.156 e. The molecule has 0 aliphatic rings. The largest absolute Gasteiger partial charge is 0.405 e. The number of hydrogen-bond acceptors (Lipinski definition) is 3. The van der Waals surface area contributed by atoms with Crippen molar-refractivity contribution in [3.05, 3.63) is 66.4 Å². The molecule has 2 rings (SSSR count). The van der Waals surface area contributed by atoms with E-state index in [-0.39, 0.29) is 0 Å². The molecule has 1 heterocycles. The first-order valence-electron chi connectivity index (χ1n) is 7.31. The first kappa shape index (κ1) is 15.6. The van der Waals surface area contributed by atoms with E-state index < -0.39 is 0 Å². The number of aromatic amines is 1. The molecule has 0 unspecified atom stereocenters. The maximum absolute atomic E-state index is 5.60. The molecule has 4 nitrogen and oxygen atoms in total. The third-order valence-corrected chi connectivity index (χ3v) is 3.28. The van der Waals surface area contributed by atoms with Crippen molar-refractivity contribution in [1.29, 1.82) is 0 Å². The van der Waals surface area contributed by atoms with Crippen molar-refractivity contribution in [3.8, 4) is 11.3 Å². The summed E-state index contributed by atoms with van der Waals surface area (Å²) in [5.74, 6) is 0.810. The Bertz CT molecular complexity index is 708. The van der Waals surface area contributed by atoms with Gasteiger partial charge in [-0.2, -0.15) is 5.10 Å². The lowest BCUT2D eigenvalue weighted by atomic mass is 9.99. The van der Waals surface area contributed by atoms with Crippen molar-refractivity contribution >= 4 is 11.4 Å². The second-order valence-electron chi connectivity index (χ2n) is 4.94. The zero-order valence-electron chi connectivity index (χ0n) is 13.1. The van der Waals surface area contributed by atoms with E-state index in [4.69, 9.17) is 5.73 Å². The highest BCUT2D eigenvalue weighted by atomic mass is 15.2. The summed E-state index contributed by atoms with van der Waals surface area (Å²) < 4.78 is 0. The number of H-pyrrole nitrogens is 1. The minimum Gasteiger partial charge on any atom is -0.405 e. The molecule has 0 bridgehead atoms. The Kier molecular flexibility index (Phi) is 5.20. The number of anilines is 1. The Balaban J connectivity index is 2.65. The fourth-order valence-corrected chi connectivity index (χ4v) is 2.38. The van der Waals surface area contributed by atoms with Gasteiger partial charge in [0.25, 0.3) is 0 Å². The van der Waals surface area contributed by atoms with Crippen molar-refractivity contribution in [2.24, 2.45) is 5.73 Å². The number of nitrogens with two attached hydrogens (primary N) is 1. The Labute approximate surface area is 131 Å². The van der Waals surface area contributed by atoms with E-state index in [2.05, 4.69) is 47.2 Å². The molecule has 4 N–H and O–H groups in total. The van der Waals surface area contributed by atoms with Crippen molar-refractivity contribution in [3.63, 3.8) is 0 Å². The molecular formula is C18H22N4. The molecule has 4 heteroatoms. The highest BCUT2D eigenvalue weighted by Gasteiger charge is 2.16. The van der Waals surface area contributed by atoms with Gasteiger partial charge in [0.15, 0.2) is 5.82 Å². The number of benzene rings is 1. The molecule has 114 valence electrons. The fraction of sp³-hybridized carbons (Fsp3) is 0.167. The summed E-state index contributed by atoms with van der Waals surface area (Å²) in [7, 11) is 0. The number of nitrogens with one attached hydrogen (secondary N) is 2. The summed E-state index contributed by atoms with van der Waals surface area (Å²) in [5.41, 5.74) is 10.8. The molecule has 22 heavy (non-hydrogen) atoms. The summed E-state index contributed by atoms with van der Waals surface area (Å²) in [6.45, 7) is 8.69. The van der Waals surface area contributed by atoms with Crippen LogP contribution < -0.4 is 11.1 Å². The zero-order chi connectivity index (χ0) is 15.9. The lowest BCUT2D eigenvalue weighted by molar-refractivity contribution is 1.07. The van der Waals surface area contributed by atoms with Gasteiger partial charge in [-0.25, -0.2) is 0 Å². The van der Waals surface area contributed by atoms with Crippen LogP contribution >= 0.6 is 0 Å². The maximum Gasteiger partial charge on any atom is 0.156 e. The number of rotatable bonds is 6. The van der Waals surface area contributed by atoms with Crippen LogP contribution in [0.3, 0.4) is 0 Å². The molecule has 0 spiro atoms. The van der Waals surface area contributed by atoms with Crippen LogP contribution in [0.4, 0.5) is 5.82 Å². The van der Waals surface area contributed by atoms with Crippen LogP contribution in [0.1, 0.15) is 18.1 Å². The Morgan fingerprint density at radius 1 is 1.45 bits per heavy atom. The fourth-order valence-electron chi connectivity index (χ4n) is 2.38. The first-order valence-corrected chi connectivity index (χ1v) is 7.31. The topological polar surface area (TPSA) is 66.7 Å². The van der Waals surface area contributed by atoms with Crippen molar-refractivity contribution in [1.82, 2.24) is 10.2 Å². The Morgan fingerprint density at radius 3 is 2.91 bits per heavy atom. The molecule has 1 aromatic heterocycles. The van der Waals surface area contributed by atoms with Crippen LogP contribution in [-0.2, 0) is 0 Å². The maximum atomic E-state index is 5.60. The molecule has 0 aliphatic carbocycles. The molecule has 0 atom stereocenters. The highest BCUT2D eigenvalue weighted by molar-refractivity contribution is 5.90. The van der Waals surface area contributed by atoms with Gasteiger partial charge in [-0.1, -0.05) is 42.5 Å². The molecule has 0 radical (unpaired) electrons. The summed E-state index contributed by atoms with van der Waals surface area (Å²) in [4.78, 5) is 0. The van der Waals surface area contributed by atoms with E-state index in [1.54, 1.807) is 6.08 Å². The summed E-state index contributed by atoms with van der Waals surface area (Å²) in [6.07, 6.45) is 7.05. The van der Waals surface area contributed by atoms with Gasteiger partial charge in [-0.05, 0) is 37.8 Å². The minimum atomic E-state index is 0.790. The number of aromatic nitrogens is 2. The quantitative estimate of drug-likeness (QED) is 0.709. The van der Waals surface area contributed by atoms with Crippen molar-refractivity contribution in [2.45, 2.75) is 13.8 Å². The predicted molar refractivity (Wildman–Crippen MR) is 94.4 cm³/mol. The summed E-state index contributed by atoms with van der Waals surface area (Å²) >= 11 is 0. The van der Waals surface area contributed by atoms with Crippen LogP contribution in [0.5, 0.6) is 0 Å². The average Bonchev–Trinajstić information content (AvgIpc) is 2.91. The molecular weight excluding hydrogens is 272 g/mol. The average molecular weight is 294 g/mol. The lowest BCUT2D eigenvalue weighted by Gasteiger charge is -2.08. The molecule has 0 aliphatic heterocycles. The van der Waals surface area contributed by atoms with E-state index >= 15 is 0 Å². The molecule has 2 aromatic rings. The van der Waals surface area contributed by atoms with E-state index in [1.165, 1.54) is 11.8 Å². The SMILES string of the molecule is C=C/C=C(\C=C/N)c1c(NCC)n[nH]c1-c1cccc(C)c1. The third kappa shape index (κ3) is 3.28. The van der Waals surface area contributed by atoms with Crippen LogP contribution in [0.25, 0.3) is 16.8 Å². The first-order chi connectivity index (χ1) is 10.7. The van der Waals surface area contributed by atoms with E-state index in [9.17, 15) is 0 Å². The molecule has 0 saturated carbocycles.